The molecular weight excluding hydrogens is 317 g/mol. The molecule has 0 aliphatic rings. The van der Waals surface area contributed by atoms with Gasteiger partial charge in [0.05, 0.1) is 31.0 Å². The third-order valence-electron chi connectivity index (χ3n) is 1.92. The van der Waals surface area contributed by atoms with Gasteiger partial charge in [0.1, 0.15) is 5.75 Å². The van der Waals surface area contributed by atoms with Crippen LogP contribution >= 0.6 is 15.9 Å². The lowest BCUT2D eigenvalue weighted by Gasteiger charge is -2.14. The van der Waals surface area contributed by atoms with Crippen LogP contribution in [0.25, 0.3) is 0 Å². The second-order valence-corrected chi connectivity index (χ2v) is 3.66. The maximum Gasteiger partial charge on any atom is 0.573 e. The summed E-state index contributed by atoms with van der Waals surface area (Å²) >= 11 is 3.13. The lowest BCUT2D eigenvalue weighted by atomic mass is 10.2. The molecule has 4 nitrogen and oxygen atoms in total. The highest BCUT2D eigenvalue weighted by Gasteiger charge is 2.33. The second kappa shape index (κ2) is 5.91. The van der Waals surface area contributed by atoms with Crippen LogP contribution in [0.15, 0.2) is 6.07 Å². The predicted octanol–water partition coefficient (Wildman–Crippen LogP) is 2.95. The molecule has 0 radical (unpaired) electrons. The van der Waals surface area contributed by atoms with Crippen molar-refractivity contribution in [1.29, 1.82) is 5.26 Å². The van der Waals surface area contributed by atoms with Gasteiger partial charge >= 0.3 is 6.36 Å². The van der Waals surface area contributed by atoms with Crippen molar-refractivity contribution in [1.82, 2.24) is 4.98 Å². The van der Waals surface area contributed by atoms with Crippen LogP contribution in [0.5, 0.6) is 11.5 Å². The summed E-state index contributed by atoms with van der Waals surface area (Å²) in [6, 6.07) is 2.81. The van der Waals surface area contributed by atoms with Gasteiger partial charge in [-0.15, -0.1) is 13.2 Å². The number of rotatable bonds is 4. The number of hydrogen-bond donors (Lipinski definition) is 0. The van der Waals surface area contributed by atoms with E-state index in [2.05, 4.69) is 25.7 Å². The molecule has 0 aliphatic heterocycles. The van der Waals surface area contributed by atoms with E-state index >= 15 is 0 Å². The van der Waals surface area contributed by atoms with Gasteiger partial charge in [-0.3, -0.25) is 0 Å². The van der Waals surface area contributed by atoms with E-state index in [9.17, 15) is 13.2 Å². The molecule has 0 bridgehead atoms. The molecule has 1 rings (SSSR count). The van der Waals surface area contributed by atoms with Gasteiger partial charge in [0.15, 0.2) is 5.75 Å². The number of alkyl halides is 4. The fraction of sp³-hybridized carbons (Fsp3) is 0.400. The summed E-state index contributed by atoms with van der Waals surface area (Å²) in [4.78, 5) is 3.92. The Morgan fingerprint density at radius 2 is 2.06 bits per heavy atom. The average Bonchev–Trinajstić information content (AvgIpc) is 2.29. The van der Waals surface area contributed by atoms with Crippen LogP contribution in [0.3, 0.4) is 0 Å². The Hall–Kier alpha value is -1.49. The van der Waals surface area contributed by atoms with E-state index in [-0.39, 0.29) is 17.9 Å². The molecule has 0 amide bonds. The minimum absolute atomic E-state index is 0.0786. The Morgan fingerprint density at radius 3 is 2.50 bits per heavy atom. The van der Waals surface area contributed by atoms with Crippen LogP contribution in [-0.2, 0) is 11.8 Å². The van der Waals surface area contributed by atoms with Crippen molar-refractivity contribution in [3.05, 3.63) is 17.5 Å². The zero-order chi connectivity index (χ0) is 13.8. The lowest BCUT2D eigenvalue weighted by molar-refractivity contribution is -0.275. The molecule has 0 aromatic carbocycles. The van der Waals surface area contributed by atoms with Gasteiger partial charge in [-0.1, -0.05) is 15.9 Å². The standard InChI is InChI=1S/C10H8BrF3N2O2/c1-17-8-4-9(18-10(12,13)14)6(2-3-15)16-7(8)5-11/h4H,2,5H2,1H3. The first-order chi connectivity index (χ1) is 8.41. The van der Waals surface area contributed by atoms with Crippen LogP contribution in [-0.4, -0.2) is 18.5 Å². The molecule has 1 heterocycles. The maximum absolute atomic E-state index is 12.2. The summed E-state index contributed by atoms with van der Waals surface area (Å²) in [6.07, 6.45) is -5.12. The number of pyridine rings is 1. The summed E-state index contributed by atoms with van der Waals surface area (Å²) in [7, 11) is 1.31. The van der Waals surface area contributed by atoms with Crippen molar-refractivity contribution >= 4 is 15.9 Å². The molecule has 1 aromatic heterocycles. The van der Waals surface area contributed by atoms with Crippen molar-refractivity contribution in [2.45, 2.75) is 18.1 Å². The van der Waals surface area contributed by atoms with E-state index in [4.69, 9.17) is 10.00 Å². The number of aromatic nitrogens is 1. The maximum atomic E-state index is 12.2. The zero-order valence-corrected chi connectivity index (χ0v) is 10.8. The molecule has 1 aromatic rings. The van der Waals surface area contributed by atoms with E-state index in [1.165, 1.54) is 7.11 Å². The van der Waals surface area contributed by atoms with Gasteiger partial charge in [0.25, 0.3) is 0 Å². The largest absolute Gasteiger partial charge is 0.573 e. The van der Waals surface area contributed by atoms with E-state index in [1.807, 2.05) is 0 Å². The van der Waals surface area contributed by atoms with Gasteiger partial charge in [-0.2, -0.15) is 5.26 Å². The van der Waals surface area contributed by atoms with Crippen molar-refractivity contribution in [3.8, 4) is 17.6 Å². The topological polar surface area (TPSA) is 55.1 Å². The van der Waals surface area contributed by atoms with Crippen molar-refractivity contribution < 1.29 is 22.6 Å². The second-order valence-electron chi connectivity index (χ2n) is 3.10. The Morgan fingerprint density at radius 1 is 1.39 bits per heavy atom. The summed E-state index contributed by atoms with van der Waals surface area (Å²) in [5.74, 6) is -0.363. The van der Waals surface area contributed by atoms with Gasteiger partial charge in [0, 0.05) is 11.4 Å². The number of methoxy groups -OCH3 is 1. The molecule has 8 heteroatoms. The Bertz CT molecular complexity index is 471. The van der Waals surface area contributed by atoms with E-state index in [0.717, 1.165) is 6.07 Å². The molecule has 0 saturated heterocycles. The first-order valence-electron chi connectivity index (χ1n) is 4.66. The quantitative estimate of drug-likeness (QED) is 0.799. The van der Waals surface area contributed by atoms with E-state index in [0.29, 0.717) is 11.0 Å². The number of nitrogens with zero attached hydrogens (tertiary/aromatic N) is 2. The minimum Gasteiger partial charge on any atom is -0.495 e. The highest BCUT2D eigenvalue weighted by molar-refractivity contribution is 9.08. The van der Waals surface area contributed by atoms with E-state index in [1.54, 1.807) is 6.07 Å². The minimum atomic E-state index is -4.84. The van der Waals surface area contributed by atoms with Crippen LogP contribution in [0.4, 0.5) is 13.2 Å². The fourth-order valence-electron chi connectivity index (χ4n) is 1.25. The van der Waals surface area contributed by atoms with Gasteiger partial charge < -0.3 is 9.47 Å². The van der Waals surface area contributed by atoms with Gasteiger partial charge in [-0.25, -0.2) is 4.98 Å². The molecule has 0 fully saturated rings. The molecule has 0 spiro atoms. The molecule has 0 N–H and O–H groups in total. The number of hydrogen-bond acceptors (Lipinski definition) is 4. The summed E-state index contributed by atoms with van der Waals surface area (Å²) in [6.45, 7) is 0. The molecule has 0 aliphatic carbocycles. The lowest BCUT2D eigenvalue weighted by Crippen LogP contribution is -2.19. The molecule has 0 unspecified atom stereocenters. The first-order valence-corrected chi connectivity index (χ1v) is 5.79. The molecule has 18 heavy (non-hydrogen) atoms. The van der Waals surface area contributed by atoms with Gasteiger partial charge in [-0.05, 0) is 0 Å². The molecule has 0 atom stereocenters. The van der Waals surface area contributed by atoms with Crippen LogP contribution in [0.2, 0.25) is 0 Å². The SMILES string of the molecule is COc1cc(OC(F)(F)F)c(CC#N)nc1CBr. The third kappa shape index (κ3) is 3.77. The Balaban J connectivity index is 3.25. The average molecular weight is 325 g/mol. The first kappa shape index (κ1) is 14.6. The Labute approximate surface area is 109 Å². The summed E-state index contributed by atoms with van der Waals surface area (Å²) in [5.41, 5.74) is 0.322. The van der Waals surface area contributed by atoms with Crippen LogP contribution < -0.4 is 9.47 Å². The number of halogens is 4. The van der Waals surface area contributed by atoms with Crippen molar-refractivity contribution in [3.63, 3.8) is 0 Å². The van der Waals surface area contributed by atoms with Crippen LogP contribution in [0, 0.1) is 11.3 Å². The third-order valence-corrected chi connectivity index (χ3v) is 2.45. The fourth-order valence-corrected chi connectivity index (χ4v) is 1.65. The van der Waals surface area contributed by atoms with Gasteiger partial charge in [0.2, 0.25) is 0 Å². The smallest absolute Gasteiger partial charge is 0.495 e. The summed E-state index contributed by atoms with van der Waals surface area (Å²) in [5, 5.41) is 8.86. The molecular formula is C10H8BrF3N2O2. The normalized spacial score (nSPS) is 10.9. The highest BCUT2D eigenvalue weighted by atomic mass is 79.9. The zero-order valence-electron chi connectivity index (χ0n) is 9.21. The van der Waals surface area contributed by atoms with Crippen LogP contribution in [0.1, 0.15) is 11.4 Å². The summed E-state index contributed by atoms with van der Waals surface area (Å²) < 4.78 is 45.3. The predicted molar refractivity (Wildman–Crippen MR) is 59.4 cm³/mol. The monoisotopic (exact) mass is 324 g/mol. The molecule has 98 valence electrons. The number of ether oxygens (including phenoxy) is 2. The number of nitriles is 1. The van der Waals surface area contributed by atoms with Crippen molar-refractivity contribution in [2.24, 2.45) is 0 Å². The Kier molecular flexibility index (Phi) is 4.78. The van der Waals surface area contributed by atoms with E-state index < -0.39 is 12.1 Å². The van der Waals surface area contributed by atoms with Crippen molar-refractivity contribution in [2.75, 3.05) is 7.11 Å². The molecule has 0 saturated carbocycles. The highest BCUT2D eigenvalue weighted by Crippen LogP contribution is 2.31.